The van der Waals surface area contributed by atoms with E-state index in [1.165, 1.54) is 0 Å². The average Bonchev–Trinajstić information content (AvgIpc) is 1.00. The van der Waals surface area contributed by atoms with E-state index in [2.05, 4.69) is 13.2 Å². The van der Waals surface area contributed by atoms with Gasteiger partial charge in [0.05, 0.1) is 0 Å². The normalized spacial score (nSPS) is 1.00. The zero-order valence-electron chi connectivity index (χ0n) is 2.66. The van der Waals surface area contributed by atoms with E-state index >= 15 is 0 Å². The van der Waals surface area contributed by atoms with E-state index in [0.717, 1.165) is 0 Å². The molecule has 0 radical (unpaired) electrons. The summed E-state index contributed by atoms with van der Waals surface area (Å²) in [5.74, 6) is 0. The molecule has 0 rings (SSSR count). The maximum absolute atomic E-state index is 4.25. The third kappa shape index (κ3) is 13.9. The predicted molar refractivity (Wildman–Crippen MR) is 9.93 cm³/mol. The van der Waals surface area contributed by atoms with Crippen molar-refractivity contribution in [2.45, 2.75) is 0 Å². The monoisotopic (exact) mass is 113 g/mol. The van der Waals surface area contributed by atoms with Crippen molar-refractivity contribution < 1.29 is 35.8 Å². The van der Waals surface area contributed by atoms with Crippen molar-refractivity contribution in [3.8, 4) is 0 Å². The molecular weight excluding hydrogens is 111 g/mol. The molecule has 0 aliphatic rings. The van der Waals surface area contributed by atoms with Gasteiger partial charge in [0.2, 0.25) is 0 Å². The molecule has 0 nitrogen and oxygen atoms in total. The van der Waals surface area contributed by atoms with Gasteiger partial charge in [-0.15, -0.1) is 0 Å². The molecule has 0 saturated carbocycles. The summed E-state index contributed by atoms with van der Waals surface area (Å²) in [4.78, 5) is 0. The zero-order valence-corrected chi connectivity index (χ0v) is 4.25. The zero-order chi connectivity index (χ0) is 2.00. The van der Waals surface area contributed by atoms with Crippen molar-refractivity contribution in [2.24, 2.45) is 0 Å². The number of rotatable bonds is 0. The van der Waals surface area contributed by atoms with Crippen LogP contribution in [0.1, 0.15) is 0 Å². The summed E-state index contributed by atoms with van der Waals surface area (Å²) in [5.41, 5.74) is 0. The van der Waals surface area contributed by atoms with Crippen LogP contribution in [0, 0.1) is 6.58 Å². The summed E-state index contributed by atoms with van der Waals surface area (Å²) >= 11 is 0. The van der Waals surface area contributed by atoms with Gasteiger partial charge < -0.3 is 23.6 Å². The number of hydrogen-bond donors (Lipinski definition) is 0. The van der Waals surface area contributed by atoms with Crippen molar-refractivity contribution >= 4 is 0 Å². The summed E-state index contributed by atoms with van der Waals surface area (Å²) in [6.07, 6.45) is 0. The first kappa shape index (κ1) is 21.3. The van der Waals surface area contributed by atoms with E-state index in [0.29, 0.717) is 0 Å². The Morgan fingerprint density at radius 3 is 1.25 bits per heavy atom. The first-order valence-corrected chi connectivity index (χ1v) is 0.408. The maximum atomic E-state index is 4.25. The first-order chi connectivity index (χ1) is 1.00. The molecule has 0 aliphatic carbocycles. The molecule has 0 amide bonds. The molecule has 0 heterocycles. The van der Waals surface area contributed by atoms with Crippen LogP contribution in [0.3, 0.4) is 0 Å². The van der Waals surface area contributed by atoms with Gasteiger partial charge in [-0.1, -0.05) is 0 Å². The fourth-order valence-corrected chi connectivity index (χ4v) is 0. The Morgan fingerprint density at radius 2 is 1.25 bits per heavy atom. The molecule has 0 spiro atoms. The second-order valence-electron chi connectivity index (χ2n) is 0. The molecule has 0 saturated heterocycles. The minimum atomic E-state index is 0. The van der Waals surface area contributed by atoms with E-state index < -0.39 is 0 Å². The van der Waals surface area contributed by atoms with Crippen LogP contribution in [0.4, 0.5) is 0 Å². The van der Waals surface area contributed by atoms with E-state index in [4.69, 9.17) is 0 Å². The standard InChI is InChI=1S/C2H3.BrH.Li/c1-2;;/h1H,2H2;1H;/q-1;;+1/p-1. The smallest absolute Gasteiger partial charge is 1.00 e. The second-order valence-corrected chi connectivity index (χ2v) is 0. The molecule has 0 aromatic carbocycles. The Kier molecular flexibility index (Phi) is 241. The Labute approximate surface area is 49.2 Å². The van der Waals surface area contributed by atoms with Crippen molar-refractivity contribution in [1.82, 2.24) is 0 Å². The molecular formula is C2H3BrLi-. The molecule has 0 aliphatic heterocycles. The fraction of sp³-hybridized carbons (Fsp3) is 0. The predicted octanol–water partition coefficient (Wildman–Crippen LogP) is -5.39. The van der Waals surface area contributed by atoms with Crippen LogP contribution in [-0.4, -0.2) is 0 Å². The van der Waals surface area contributed by atoms with Gasteiger partial charge in [-0.05, 0) is 0 Å². The largest absolute Gasteiger partial charge is 1.00 e. The molecule has 0 atom stereocenters. The van der Waals surface area contributed by atoms with Crippen LogP contribution < -0.4 is 35.8 Å². The topological polar surface area (TPSA) is 0 Å². The van der Waals surface area contributed by atoms with Crippen LogP contribution in [0.2, 0.25) is 0 Å². The summed E-state index contributed by atoms with van der Waals surface area (Å²) in [6.45, 7) is 7.00. The summed E-state index contributed by atoms with van der Waals surface area (Å²) in [6, 6.07) is 0. The molecule has 0 bridgehead atoms. The molecule has 4 heavy (non-hydrogen) atoms. The minimum absolute atomic E-state index is 0. The molecule has 0 unspecified atom stereocenters. The average molecular weight is 114 g/mol. The van der Waals surface area contributed by atoms with Crippen molar-refractivity contribution in [3.05, 3.63) is 13.2 Å². The molecule has 20 valence electrons. The fourth-order valence-electron chi connectivity index (χ4n) is 0. The van der Waals surface area contributed by atoms with Gasteiger partial charge in [0.15, 0.2) is 0 Å². The molecule has 2 heteroatoms. The summed E-state index contributed by atoms with van der Waals surface area (Å²) in [5, 5.41) is 0. The van der Waals surface area contributed by atoms with E-state index in [9.17, 15) is 0 Å². The molecule has 0 N–H and O–H groups in total. The van der Waals surface area contributed by atoms with E-state index in [1.54, 1.807) is 0 Å². The quantitative estimate of drug-likeness (QED) is 0.218. The number of hydrogen-bond acceptors (Lipinski definition) is 0. The minimum Gasteiger partial charge on any atom is -1.00 e. The van der Waals surface area contributed by atoms with Gasteiger partial charge in [0.1, 0.15) is 0 Å². The van der Waals surface area contributed by atoms with Crippen molar-refractivity contribution in [3.63, 3.8) is 0 Å². The van der Waals surface area contributed by atoms with Crippen molar-refractivity contribution in [1.29, 1.82) is 0 Å². The summed E-state index contributed by atoms with van der Waals surface area (Å²) in [7, 11) is 0. The third-order valence-corrected chi connectivity index (χ3v) is 0. The van der Waals surface area contributed by atoms with Gasteiger partial charge in [-0.3, -0.25) is 6.58 Å². The van der Waals surface area contributed by atoms with E-state index in [-0.39, 0.29) is 35.8 Å². The van der Waals surface area contributed by atoms with Crippen LogP contribution in [0.25, 0.3) is 0 Å². The van der Waals surface area contributed by atoms with Gasteiger partial charge in [0, 0.05) is 0 Å². The van der Waals surface area contributed by atoms with E-state index in [1.807, 2.05) is 0 Å². The SMILES string of the molecule is [Br-].[CH-]=C.[Li+]. The first-order valence-electron chi connectivity index (χ1n) is 0.408. The number of halogens is 1. The Balaban J connectivity index is -0.00000000500. The Hall–Kier alpha value is 0.817. The van der Waals surface area contributed by atoms with Gasteiger partial charge >= 0.3 is 18.9 Å². The molecule has 0 fully saturated rings. The van der Waals surface area contributed by atoms with Crippen molar-refractivity contribution in [2.75, 3.05) is 0 Å². The Bertz CT molecular complexity index is 6.00. The van der Waals surface area contributed by atoms with Gasteiger partial charge in [-0.2, -0.15) is 0 Å². The Morgan fingerprint density at radius 1 is 1.25 bits per heavy atom. The third-order valence-electron chi connectivity index (χ3n) is 0. The van der Waals surface area contributed by atoms with Crippen LogP contribution >= 0.6 is 0 Å². The van der Waals surface area contributed by atoms with Gasteiger partial charge in [0.25, 0.3) is 0 Å². The molecule has 0 aromatic heterocycles. The van der Waals surface area contributed by atoms with Crippen LogP contribution in [0.5, 0.6) is 0 Å². The van der Waals surface area contributed by atoms with Gasteiger partial charge in [-0.25, -0.2) is 0 Å². The molecule has 0 aromatic rings. The van der Waals surface area contributed by atoms with Crippen LogP contribution in [0.15, 0.2) is 6.58 Å². The van der Waals surface area contributed by atoms with Crippen LogP contribution in [-0.2, 0) is 0 Å². The second kappa shape index (κ2) is 45.4. The summed E-state index contributed by atoms with van der Waals surface area (Å²) < 4.78 is 0. The maximum Gasteiger partial charge on any atom is 1.00 e.